The third kappa shape index (κ3) is 5.57. The second-order valence-corrected chi connectivity index (χ2v) is 6.99. The number of nitrogens with zero attached hydrogens (tertiary/aromatic N) is 3. The molecule has 1 N–H and O–H groups in total. The second-order valence-electron chi connectivity index (χ2n) is 6.99. The monoisotopic (exact) mass is 297 g/mol. The molecule has 2 rings (SSSR count). The van der Waals surface area contributed by atoms with Crippen LogP contribution in [0, 0.1) is 5.92 Å². The van der Waals surface area contributed by atoms with Crippen molar-refractivity contribution in [3.63, 3.8) is 0 Å². The van der Waals surface area contributed by atoms with E-state index in [0.29, 0.717) is 6.04 Å². The highest BCUT2D eigenvalue weighted by Gasteiger charge is 2.26. The van der Waals surface area contributed by atoms with Crippen molar-refractivity contribution in [2.24, 2.45) is 5.92 Å². The topological polar surface area (TPSA) is 47.0 Å². The molecule has 2 aliphatic heterocycles. The van der Waals surface area contributed by atoms with Gasteiger partial charge in [-0.2, -0.15) is 0 Å². The van der Waals surface area contributed by atoms with Gasteiger partial charge in [-0.25, -0.2) is 0 Å². The lowest BCUT2D eigenvalue weighted by molar-refractivity contribution is -0.138. The van der Waals surface area contributed by atoms with Gasteiger partial charge < -0.3 is 10.0 Å². The number of aliphatic carboxylic acids is 1. The van der Waals surface area contributed by atoms with Crippen LogP contribution in [-0.2, 0) is 4.79 Å². The fraction of sp³-hybridized carbons (Fsp3) is 0.938. The largest absolute Gasteiger partial charge is 0.480 e. The summed E-state index contributed by atoms with van der Waals surface area (Å²) in [6.07, 6.45) is 3.64. The maximum absolute atomic E-state index is 10.8. The van der Waals surface area contributed by atoms with Crippen molar-refractivity contribution in [2.75, 3.05) is 52.4 Å². The van der Waals surface area contributed by atoms with E-state index in [1.807, 2.05) is 0 Å². The Bertz CT molecular complexity index is 327. The zero-order chi connectivity index (χ0) is 15.2. The number of carbonyl (C=O) groups is 1. The maximum atomic E-state index is 10.8. The van der Waals surface area contributed by atoms with Gasteiger partial charge in [-0.3, -0.25) is 14.6 Å². The molecule has 2 aliphatic rings. The van der Waals surface area contributed by atoms with Gasteiger partial charge in [0.25, 0.3) is 0 Å². The van der Waals surface area contributed by atoms with Crippen LogP contribution in [0.1, 0.15) is 33.1 Å². The molecule has 0 unspecified atom stereocenters. The quantitative estimate of drug-likeness (QED) is 0.826. The van der Waals surface area contributed by atoms with Gasteiger partial charge in [0.05, 0.1) is 6.54 Å². The number of carboxylic acids is 1. The minimum atomic E-state index is -0.703. The Morgan fingerprint density at radius 1 is 1.05 bits per heavy atom. The molecule has 0 atom stereocenters. The SMILES string of the molecule is CC(C)CN1CCC(N2CCCN(CC(=O)O)CC2)CC1. The van der Waals surface area contributed by atoms with Crippen LogP contribution in [0.5, 0.6) is 0 Å². The fourth-order valence-electron chi connectivity index (χ4n) is 3.69. The van der Waals surface area contributed by atoms with E-state index in [4.69, 9.17) is 5.11 Å². The van der Waals surface area contributed by atoms with Crippen LogP contribution < -0.4 is 0 Å². The summed E-state index contributed by atoms with van der Waals surface area (Å²) in [4.78, 5) is 18.1. The number of rotatable bonds is 5. The Morgan fingerprint density at radius 3 is 2.38 bits per heavy atom. The number of hydrogen-bond donors (Lipinski definition) is 1. The number of hydrogen-bond acceptors (Lipinski definition) is 4. The molecule has 0 spiro atoms. The van der Waals surface area contributed by atoms with E-state index < -0.39 is 5.97 Å². The van der Waals surface area contributed by atoms with Crippen LogP contribution >= 0.6 is 0 Å². The summed E-state index contributed by atoms with van der Waals surface area (Å²) < 4.78 is 0. The minimum Gasteiger partial charge on any atom is -0.480 e. The lowest BCUT2D eigenvalue weighted by Gasteiger charge is -2.38. The van der Waals surface area contributed by atoms with Gasteiger partial charge in [0.1, 0.15) is 0 Å². The Hall–Kier alpha value is -0.650. The number of piperidine rings is 1. The average molecular weight is 297 g/mol. The van der Waals surface area contributed by atoms with Gasteiger partial charge in [0.15, 0.2) is 0 Å². The van der Waals surface area contributed by atoms with Crippen molar-refractivity contribution >= 4 is 5.97 Å². The second kappa shape index (κ2) is 8.11. The first-order valence-corrected chi connectivity index (χ1v) is 8.45. The number of likely N-dealkylation sites (tertiary alicyclic amines) is 1. The van der Waals surface area contributed by atoms with Crippen molar-refractivity contribution < 1.29 is 9.90 Å². The van der Waals surface area contributed by atoms with E-state index in [2.05, 4.69) is 28.5 Å². The molecule has 21 heavy (non-hydrogen) atoms. The maximum Gasteiger partial charge on any atom is 0.317 e. The highest BCUT2D eigenvalue weighted by atomic mass is 16.4. The molecule has 2 heterocycles. The molecular formula is C16H31N3O2. The molecule has 0 aromatic carbocycles. The Morgan fingerprint density at radius 2 is 1.76 bits per heavy atom. The summed E-state index contributed by atoms with van der Waals surface area (Å²) in [6.45, 7) is 12.4. The number of carboxylic acid groups (broad SMARTS) is 1. The molecule has 5 heteroatoms. The summed E-state index contributed by atoms with van der Waals surface area (Å²) in [5.74, 6) is 0.0507. The summed E-state index contributed by atoms with van der Waals surface area (Å²) in [5, 5.41) is 8.91. The minimum absolute atomic E-state index is 0.195. The zero-order valence-corrected chi connectivity index (χ0v) is 13.6. The van der Waals surface area contributed by atoms with Crippen molar-refractivity contribution in [2.45, 2.75) is 39.2 Å². The Balaban J connectivity index is 1.75. The first-order chi connectivity index (χ1) is 10.0. The summed E-state index contributed by atoms with van der Waals surface area (Å²) >= 11 is 0. The van der Waals surface area contributed by atoms with Gasteiger partial charge >= 0.3 is 5.97 Å². The van der Waals surface area contributed by atoms with Crippen LogP contribution in [0.4, 0.5) is 0 Å². The molecular weight excluding hydrogens is 266 g/mol. The third-order valence-corrected chi connectivity index (χ3v) is 4.68. The van der Waals surface area contributed by atoms with Gasteiger partial charge in [-0.05, 0) is 44.8 Å². The van der Waals surface area contributed by atoms with E-state index in [1.54, 1.807) is 0 Å². The van der Waals surface area contributed by atoms with Crippen LogP contribution in [0.3, 0.4) is 0 Å². The predicted octanol–water partition coefficient (Wildman–Crippen LogP) is 1.20. The highest BCUT2D eigenvalue weighted by Crippen LogP contribution is 2.19. The highest BCUT2D eigenvalue weighted by molar-refractivity contribution is 5.69. The van der Waals surface area contributed by atoms with E-state index in [0.717, 1.165) is 38.5 Å². The average Bonchev–Trinajstić information content (AvgIpc) is 2.64. The molecule has 0 aromatic rings. The van der Waals surface area contributed by atoms with Gasteiger partial charge in [0, 0.05) is 32.2 Å². The van der Waals surface area contributed by atoms with Crippen LogP contribution in [0.15, 0.2) is 0 Å². The third-order valence-electron chi connectivity index (χ3n) is 4.68. The van der Waals surface area contributed by atoms with E-state index in [-0.39, 0.29) is 6.54 Å². The molecule has 0 bridgehead atoms. The van der Waals surface area contributed by atoms with Crippen LogP contribution in [0.2, 0.25) is 0 Å². The fourth-order valence-corrected chi connectivity index (χ4v) is 3.69. The van der Waals surface area contributed by atoms with Crippen molar-refractivity contribution in [1.82, 2.24) is 14.7 Å². The van der Waals surface area contributed by atoms with E-state index >= 15 is 0 Å². The molecule has 122 valence electrons. The van der Waals surface area contributed by atoms with Gasteiger partial charge in [-0.15, -0.1) is 0 Å². The molecule has 0 aliphatic carbocycles. The van der Waals surface area contributed by atoms with Crippen molar-refractivity contribution in [1.29, 1.82) is 0 Å². The van der Waals surface area contributed by atoms with E-state index in [1.165, 1.54) is 32.5 Å². The molecule has 5 nitrogen and oxygen atoms in total. The standard InChI is InChI=1S/C16H31N3O2/c1-14(2)12-18-8-4-15(5-9-18)19-7-3-6-17(10-11-19)13-16(20)21/h14-15H,3-13H2,1-2H3,(H,20,21). The van der Waals surface area contributed by atoms with Gasteiger partial charge in [0.2, 0.25) is 0 Å². The predicted molar refractivity (Wildman–Crippen MR) is 84.6 cm³/mol. The molecule has 0 radical (unpaired) electrons. The van der Waals surface area contributed by atoms with Crippen LogP contribution in [-0.4, -0.2) is 84.2 Å². The molecule has 0 aromatic heterocycles. The lowest BCUT2D eigenvalue weighted by atomic mass is 10.0. The van der Waals surface area contributed by atoms with Crippen molar-refractivity contribution in [3.05, 3.63) is 0 Å². The lowest BCUT2D eigenvalue weighted by Crippen LogP contribution is -2.46. The summed E-state index contributed by atoms with van der Waals surface area (Å²) in [7, 11) is 0. The summed E-state index contributed by atoms with van der Waals surface area (Å²) in [5.41, 5.74) is 0. The van der Waals surface area contributed by atoms with Crippen molar-refractivity contribution in [3.8, 4) is 0 Å². The molecule has 2 saturated heterocycles. The van der Waals surface area contributed by atoms with E-state index in [9.17, 15) is 4.79 Å². The zero-order valence-electron chi connectivity index (χ0n) is 13.6. The normalized spacial score (nSPS) is 24.3. The molecule has 0 saturated carbocycles. The van der Waals surface area contributed by atoms with Gasteiger partial charge in [-0.1, -0.05) is 13.8 Å². The summed E-state index contributed by atoms with van der Waals surface area (Å²) in [6, 6.07) is 0.707. The molecule has 0 amide bonds. The Kier molecular flexibility index (Phi) is 6.45. The smallest absolute Gasteiger partial charge is 0.317 e. The Labute approximate surface area is 128 Å². The van der Waals surface area contributed by atoms with Crippen LogP contribution in [0.25, 0.3) is 0 Å². The first-order valence-electron chi connectivity index (χ1n) is 8.45. The molecule has 2 fully saturated rings. The first kappa shape index (κ1) is 16.7.